The molecule has 110 valence electrons. The zero-order valence-electron chi connectivity index (χ0n) is 12.1. The van der Waals surface area contributed by atoms with Crippen molar-refractivity contribution in [2.45, 2.75) is 33.0 Å². The van der Waals surface area contributed by atoms with Gasteiger partial charge in [-0.15, -0.1) is 0 Å². The minimum absolute atomic E-state index is 0.0220. The van der Waals surface area contributed by atoms with E-state index >= 15 is 0 Å². The lowest BCUT2D eigenvalue weighted by Crippen LogP contribution is -2.48. The van der Waals surface area contributed by atoms with Crippen LogP contribution >= 0.6 is 11.6 Å². The number of ether oxygens (including phenoxy) is 1. The van der Waals surface area contributed by atoms with Crippen LogP contribution in [0.2, 0.25) is 5.02 Å². The number of aryl methyl sites for hydroxylation is 1. The van der Waals surface area contributed by atoms with E-state index in [1.54, 1.807) is 6.07 Å². The fourth-order valence-corrected chi connectivity index (χ4v) is 2.67. The molecular weight excluding hydrogens is 276 g/mol. The van der Waals surface area contributed by atoms with Crippen molar-refractivity contribution < 1.29 is 9.53 Å². The van der Waals surface area contributed by atoms with Crippen molar-refractivity contribution in [1.82, 2.24) is 4.90 Å². The van der Waals surface area contributed by atoms with Gasteiger partial charge in [0.25, 0.3) is 0 Å². The van der Waals surface area contributed by atoms with Gasteiger partial charge in [0.1, 0.15) is 0 Å². The Labute approximate surface area is 125 Å². The summed E-state index contributed by atoms with van der Waals surface area (Å²) in [4.78, 5) is 14.2. The average molecular weight is 297 g/mol. The largest absolute Gasteiger partial charge is 0.373 e. The number of amides is 1. The second-order valence-electron chi connectivity index (χ2n) is 5.46. The fourth-order valence-electron chi connectivity index (χ4n) is 2.49. The quantitative estimate of drug-likeness (QED) is 0.932. The summed E-state index contributed by atoms with van der Waals surface area (Å²) < 4.78 is 5.65. The van der Waals surface area contributed by atoms with Gasteiger partial charge in [0.2, 0.25) is 5.91 Å². The second-order valence-corrected chi connectivity index (χ2v) is 5.87. The van der Waals surface area contributed by atoms with Gasteiger partial charge in [-0.05, 0) is 38.5 Å². The number of hydrogen-bond donors (Lipinski definition) is 1. The predicted molar refractivity (Wildman–Crippen MR) is 81.3 cm³/mol. The predicted octanol–water partition coefficient (Wildman–Crippen LogP) is 2.70. The van der Waals surface area contributed by atoms with E-state index in [0.29, 0.717) is 11.6 Å². The van der Waals surface area contributed by atoms with Crippen LogP contribution in [0, 0.1) is 6.92 Å². The van der Waals surface area contributed by atoms with Crippen LogP contribution in [0.25, 0.3) is 0 Å². The molecule has 0 aliphatic carbocycles. The maximum atomic E-state index is 12.1. The molecule has 1 saturated heterocycles. The molecule has 20 heavy (non-hydrogen) atoms. The van der Waals surface area contributed by atoms with Crippen LogP contribution in [-0.2, 0) is 9.53 Å². The molecule has 1 aliphatic rings. The smallest absolute Gasteiger partial charge is 0.238 e. The van der Waals surface area contributed by atoms with Gasteiger partial charge in [-0.2, -0.15) is 0 Å². The summed E-state index contributed by atoms with van der Waals surface area (Å²) >= 11 is 6.05. The molecule has 0 saturated carbocycles. The molecule has 0 spiro atoms. The topological polar surface area (TPSA) is 41.6 Å². The van der Waals surface area contributed by atoms with E-state index < -0.39 is 0 Å². The summed E-state index contributed by atoms with van der Waals surface area (Å²) in [6, 6.07) is 5.54. The lowest BCUT2D eigenvalue weighted by molar-refractivity contribution is -0.121. The third kappa shape index (κ3) is 4.20. The molecule has 0 unspecified atom stereocenters. The lowest BCUT2D eigenvalue weighted by atomic mass is 10.2. The fraction of sp³-hybridized carbons (Fsp3) is 0.533. The van der Waals surface area contributed by atoms with Crippen molar-refractivity contribution in [2.75, 3.05) is 25.0 Å². The van der Waals surface area contributed by atoms with Crippen LogP contribution in [0.3, 0.4) is 0 Å². The minimum Gasteiger partial charge on any atom is -0.373 e. The standard InChI is InChI=1S/C15H21ClN2O2/c1-10-4-5-13(6-14(10)16)17-15(19)9-18-7-11(2)20-12(3)8-18/h4-6,11-12H,7-9H2,1-3H3,(H,17,19)/t11-,12-/m0/s1. The first-order valence-corrected chi connectivity index (χ1v) is 7.25. The second kappa shape index (κ2) is 6.57. The summed E-state index contributed by atoms with van der Waals surface area (Å²) in [7, 11) is 0. The number of rotatable bonds is 3. The van der Waals surface area contributed by atoms with Gasteiger partial charge in [-0.1, -0.05) is 17.7 Å². The van der Waals surface area contributed by atoms with E-state index in [2.05, 4.69) is 10.2 Å². The first-order valence-electron chi connectivity index (χ1n) is 6.88. The normalized spacial score (nSPS) is 23.6. The van der Waals surface area contributed by atoms with Crippen LogP contribution in [0.15, 0.2) is 18.2 Å². The summed E-state index contributed by atoms with van der Waals surface area (Å²) in [5.41, 5.74) is 1.74. The number of hydrogen-bond acceptors (Lipinski definition) is 3. The molecule has 0 aromatic heterocycles. The summed E-state index contributed by atoms with van der Waals surface area (Å²) in [6.07, 6.45) is 0.334. The number of halogens is 1. The molecule has 1 aliphatic heterocycles. The summed E-state index contributed by atoms with van der Waals surface area (Å²) in [5, 5.41) is 3.54. The Kier molecular flexibility index (Phi) is 5.02. The molecule has 4 nitrogen and oxygen atoms in total. The van der Waals surface area contributed by atoms with Crippen LogP contribution < -0.4 is 5.32 Å². The molecule has 1 aromatic carbocycles. The van der Waals surface area contributed by atoms with Crippen LogP contribution in [-0.4, -0.2) is 42.6 Å². The van der Waals surface area contributed by atoms with Crippen molar-refractivity contribution in [2.24, 2.45) is 0 Å². The number of carbonyl (C=O) groups is 1. The first-order chi connectivity index (χ1) is 9.44. The Hall–Kier alpha value is -1.10. The third-order valence-corrected chi connectivity index (χ3v) is 3.73. The molecule has 1 aromatic rings. The molecule has 1 amide bonds. The highest BCUT2D eigenvalue weighted by molar-refractivity contribution is 6.31. The monoisotopic (exact) mass is 296 g/mol. The molecule has 5 heteroatoms. The van der Waals surface area contributed by atoms with Gasteiger partial charge in [0, 0.05) is 23.8 Å². The van der Waals surface area contributed by atoms with Crippen molar-refractivity contribution >= 4 is 23.2 Å². The molecule has 0 bridgehead atoms. The van der Waals surface area contributed by atoms with Gasteiger partial charge in [-0.3, -0.25) is 9.69 Å². The molecule has 2 rings (SSSR count). The zero-order chi connectivity index (χ0) is 14.7. The molecule has 0 radical (unpaired) electrons. The lowest BCUT2D eigenvalue weighted by Gasteiger charge is -2.34. The summed E-state index contributed by atoms with van der Waals surface area (Å²) in [5.74, 6) is -0.0220. The molecule has 1 fully saturated rings. The van der Waals surface area contributed by atoms with E-state index in [-0.39, 0.29) is 18.1 Å². The first kappa shape index (κ1) is 15.3. The van der Waals surface area contributed by atoms with Gasteiger partial charge >= 0.3 is 0 Å². The Balaban J connectivity index is 1.90. The van der Waals surface area contributed by atoms with Crippen LogP contribution in [0.5, 0.6) is 0 Å². The summed E-state index contributed by atoms with van der Waals surface area (Å²) in [6.45, 7) is 7.94. The molecule has 2 atom stereocenters. The van der Waals surface area contributed by atoms with Gasteiger partial charge in [-0.25, -0.2) is 0 Å². The third-order valence-electron chi connectivity index (χ3n) is 3.32. The average Bonchev–Trinajstić information content (AvgIpc) is 2.32. The van der Waals surface area contributed by atoms with E-state index in [0.717, 1.165) is 24.3 Å². The number of anilines is 1. The Morgan fingerprint density at radius 2 is 2.05 bits per heavy atom. The van der Waals surface area contributed by atoms with Crippen molar-refractivity contribution in [3.63, 3.8) is 0 Å². The number of carbonyl (C=O) groups excluding carboxylic acids is 1. The van der Waals surface area contributed by atoms with E-state index in [1.165, 1.54) is 0 Å². The number of morpholine rings is 1. The highest BCUT2D eigenvalue weighted by Crippen LogP contribution is 2.20. The van der Waals surface area contributed by atoms with Crippen LogP contribution in [0.1, 0.15) is 19.4 Å². The number of benzene rings is 1. The van der Waals surface area contributed by atoms with Gasteiger partial charge in [0.05, 0.1) is 18.8 Å². The maximum absolute atomic E-state index is 12.1. The molecule has 1 N–H and O–H groups in total. The van der Waals surface area contributed by atoms with Gasteiger partial charge < -0.3 is 10.1 Å². The van der Waals surface area contributed by atoms with E-state index in [4.69, 9.17) is 16.3 Å². The Bertz CT molecular complexity index is 483. The number of nitrogens with zero attached hydrogens (tertiary/aromatic N) is 1. The number of nitrogens with one attached hydrogen (secondary N) is 1. The molecular formula is C15H21ClN2O2. The SMILES string of the molecule is Cc1ccc(NC(=O)CN2C[C@H](C)O[C@@H](C)C2)cc1Cl. The van der Waals surface area contributed by atoms with Crippen LogP contribution in [0.4, 0.5) is 5.69 Å². The van der Waals surface area contributed by atoms with E-state index in [1.807, 2.05) is 32.9 Å². The van der Waals surface area contributed by atoms with Crippen molar-refractivity contribution in [3.8, 4) is 0 Å². The highest BCUT2D eigenvalue weighted by atomic mass is 35.5. The molecule has 1 heterocycles. The maximum Gasteiger partial charge on any atom is 0.238 e. The van der Waals surface area contributed by atoms with Crippen molar-refractivity contribution in [1.29, 1.82) is 0 Å². The van der Waals surface area contributed by atoms with E-state index in [9.17, 15) is 4.79 Å². The minimum atomic E-state index is -0.0220. The zero-order valence-corrected chi connectivity index (χ0v) is 12.9. The Morgan fingerprint density at radius 3 is 2.65 bits per heavy atom. The Morgan fingerprint density at radius 1 is 1.40 bits per heavy atom. The van der Waals surface area contributed by atoms with Gasteiger partial charge in [0.15, 0.2) is 0 Å². The van der Waals surface area contributed by atoms with Crippen molar-refractivity contribution in [3.05, 3.63) is 28.8 Å². The highest BCUT2D eigenvalue weighted by Gasteiger charge is 2.23.